The molecule has 5 heteroatoms. The van der Waals surface area contributed by atoms with Crippen molar-refractivity contribution < 1.29 is 13.9 Å². The molecule has 0 aliphatic rings. The van der Waals surface area contributed by atoms with Crippen LogP contribution in [0.4, 0.5) is 4.39 Å². The van der Waals surface area contributed by atoms with Crippen LogP contribution < -0.4 is 10.1 Å². The van der Waals surface area contributed by atoms with Crippen LogP contribution in [0.5, 0.6) is 5.75 Å². The molecular weight excluding hydrogens is 331 g/mol. The summed E-state index contributed by atoms with van der Waals surface area (Å²) in [6.45, 7) is 4.99. The summed E-state index contributed by atoms with van der Waals surface area (Å²) >= 11 is 0. The van der Waals surface area contributed by atoms with Crippen LogP contribution in [0.25, 0.3) is 0 Å². The van der Waals surface area contributed by atoms with Crippen LogP contribution in [0.2, 0.25) is 0 Å². The third-order valence-corrected chi connectivity index (χ3v) is 4.64. The van der Waals surface area contributed by atoms with E-state index in [2.05, 4.69) is 24.4 Å². The summed E-state index contributed by atoms with van der Waals surface area (Å²) in [5.74, 6) is 0.0295. The molecule has 1 amide bonds. The highest BCUT2D eigenvalue weighted by Gasteiger charge is 2.19. The molecule has 0 bridgehead atoms. The Hall–Kier alpha value is -2.40. The number of carbonyl (C=O) groups excluding carboxylic acids is 1. The number of methoxy groups -OCH3 is 1. The molecule has 0 radical (unpaired) electrons. The molecule has 1 N–H and O–H groups in total. The second-order valence-electron chi connectivity index (χ2n) is 6.62. The number of halogens is 1. The van der Waals surface area contributed by atoms with Gasteiger partial charge in [-0.05, 0) is 43.1 Å². The monoisotopic (exact) mass is 358 g/mol. The standard InChI is InChI=1S/C21H27FN2O2/c1-15(18-8-6-5-7-9-18)13-23-21(25)16(2)24(3)14-17-10-11-20(26-4)19(22)12-17/h5-12,15-16H,13-14H2,1-4H3,(H,23,25). The molecule has 2 aromatic rings. The highest BCUT2D eigenvalue weighted by molar-refractivity contribution is 5.81. The fourth-order valence-corrected chi connectivity index (χ4v) is 2.73. The molecule has 0 saturated carbocycles. The van der Waals surface area contributed by atoms with Crippen LogP contribution in [0, 0.1) is 5.82 Å². The van der Waals surface area contributed by atoms with Gasteiger partial charge in [0.05, 0.1) is 13.2 Å². The maximum atomic E-state index is 13.8. The number of carbonyl (C=O) groups is 1. The average Bonchev–Trinajstić information content (AvgIpc) is 2.66. The van der Waals surface area contributed by atoms with Gasteiger partial charge in [0.25, 0.3) is 0 Å². The highest BCUT2D eigenvalue weighted by atomic mass is 19.1. The summed E-state index contributed by atoms with van der Waals surface area (Å²) in [4.78, 5) is 14.3. The van der Waals surface area contributed by atoms with Crippen molar-refractivity contribution in [3.05, 3.63) is 65.5 Å². The first kappa shape index (κ1) is 19.9. The zero-order chi connectivity index (χ0) is 19.1. The van der Waals surface area contributed by atoms with E-state index >= 15 is 0 Å². The fraction of sp³-hybridized carbons (Fsp3) is 0.381. The maximum absolute atomic E-state index is 13.8. The van der Waals surface area contributed by atoms with E-state index < -0.39 is 5.82 Å². The van der Waals surface area contributed by atoms with Crippen LogP contribution >= 0.6 is 0 Å². The molecule has 0 fully saturated rings. The topological polar surface area (TPSA) is 41.6 Å². The lowest BCUT2D eigenvalue weighted by Crippen LogP contribution is -2.43. The fourth-order valence-electron chi connectivity index (χ4n) is 2.73. The van der Waals surface area contributed by atoms with E-state index in [0.29, 0.717) is 13.1 Å². The van der Waals surface area contributed by atoms with Gasteiger partial charge in [0, 0.05) is 13.1 Å². The molecule has 2 rings (SSSR count). The first-order valence-electron chi connectivity index (χ1n) is 8.77. The van der Waals surface area contributed by atoms with Crippen molar-refractivity contribution in [2.75, 3.05) is 20.7 Å². The molecule has 0 aromatic heterocycles. The molecule has 2 aromatic carbocycles. The van der Waals surface area contributed by atoms with Crippen LogP contribution in [-0.4, -0.2) is 37.6 Å². The summed E-state index contributed by atoms with van der Waals surface area (Å²) in [6, 6.07) is 14.6. The van der Waals surface area contributed by atoms with Crippen molar-refractivity contribution in [3.8, 4) is 5.75 Å². The summed E-state index contributed by atoms with van der Waals surface area (Å²) in [7, 11) is 3.29. The summed E-state index contributed by atoms with van der Waals surface area (Å²) in [5, 5.41) is 3.00. The lowest BCUT2D eigenvalue weighted by molar-refractivity contribution is -0.125. The van der Waals surface area contributed by atoms with E-state index in [-0.39, 0.29) is 23.6 Å². The van der Waals surface area contributed by atoms with Crippen LogP contribution in [0.3, 0.4) is 0 Å². The predicted octanol–water partition coefficient (Wildman–Crippen LogP) is 3.57. The summed E-state index contributed by atoms with van der Waals surface area (Å²) in [6.07, 6.45) is 0. The van der Waals surface area contributed by atoms with Gasteiger partial charge in [0.2, 0.25) is 5.91 Å². The van der Waals surface area contributed by atoms with E-state index in [4.69, 9.17) is 4.74 Å². The van der Waals surface area contributed by atoms with Gasteiger partial charge in [0.15, 0.2) is 11.6 Å². The van der Waals surface area contributed by atoms with Crippen molar-refractivity contribution in [3.63, 3.8) is 0 Å². The van der Waals surface area contributed by atoms with Gasteiger partial charge in [-0.1, -0.05) is 43.3 Å². The second-order valence-corrected chi connectivity index (χ2v) is 6.62. The molecule has 26 heavy (non-hydrogen) atoms. The summed E-state index contributed by atoms with van der Waals surface area (Å²) in [5.41, 5.74) is 1.99. The molecule has 0 aliphatic heterocycles. The first-order chi connectivity index (χ1) is 12.4. The van der Waals surface area contributed by atoms with Crippen molar-refractivity contribution in [2.24, 2.45) is 0 Å². The Morgan fingerprint density at radius 2 is 1.88 bits per heavy atom. The second kappa shape index (κ2) is 9.34. The van der Waals surface area contributed by atoms with Gasteiger partial charge in [0.1, 0.15) is 0 Å². The van der Waals surface area contributed by atoms with Crippen molar-refractivity contribution in [1.29, 1.82) is 0 Å². The number of likely N-dealkylation sites (N-methyl/N-ethyl adjacent to an activating group) is 1. The van der Waals surface area contributed by atoms with Gasteiger partial charge in [-0.25, -0.2) is 4.39 Å². The molecule has 0 heterocycles. The molecule has 4 nitrogen and oxygen atoms in total. The van der Waals surface area contributed by atoms with E-state index in [1.54, 1.807) is 12.1 Å². The predicted molar refractivity (Wildman–Crippen MR) is 102 cm³/mol. The van der Waals surface area contributed by atoms with E-state index in [0.717, 1.165) is 5.56 Å². The van der Waals surface area contributed by atoms with Crippen LogP contribution in [0.15, 0.2) is 48.5 Å². The number of hydrogen-bond donors (Lipinski definition) is 1. The van der Waals surface area contributed by atoms with Gasteiger partial charge in [-0.2, -0.15) is 0 Å². The number of benzene rings is 2. The molecule has 140 valence electrons. The zero-order valence-corrected chi connectivity index (χ0v) is 15.8. The number of nitrogens with one attached hydrogen (secondary N) is 1. The number of nitrogens with zero attached hydrogens (tertiary/aromatic N) is 1. The number of amides is 1. The third-order valence-electron chi connectivity index (χ3n) is 4.64. The Bertz CT molecular complexity index is 721. The molecular formula is C21H27FN2O2. The molecule has 0 aliphatic carbocycles. The molecule has 0 saturated heterocycles. The van der Waals surface area contributed by atoms with E-state index in [9.17, 15) is 9.18 Å². The Morgan fingerprint density at radius 3 is 2.50 bits per heavy atom. The lowest BCUT2D eigenvalue weighted by Gasteiger charge is -2.25. The minimum absolute atomic E-state index is 0.0377. The smallest absolute Gasteiger partial charge is 0.237 e. The van der Waals surface area contributed by atoms with Crippen LogP contribution in [-0.2, 0) is 11.3 Å². The lowest BCUT2D eigenvalue weighted by atomic mass is 10.0. The van der Waals surface area contributed by atoms with Gasteiger partial charge in [-0.3, -0.25) is 9.69 Å². The number of rotatable bonds is 8. The highest BCUT2D eigenvalue weighted by Crippen LogP contribution is 2.19. The minimum atomic E-state index is -0.396. The van der Waals surface area contributed by atoms with Crippen LogP contribution in [0.1, 0.15) is 30.9 Å². The number of ether oxygens (including phenoxy) is 1. The Kier molecular flexibility index (Phi) is 7.16. The average molecular weight is 358 g/mol. The maximum Gasteiger partial charge on any atom is 0.237 e. The molecule has 2 unspecified atom stereocenters. The summed E-state index contributed by atoms with van der Waals surface area (Å²) < 4.78 is 18.7. The first-order valence-corrected chi connectivity index (χ1v) is 8.77. The van der Waals surface area contributed by atoms with Gasteiger partial charge < -0.3 is 10.1 Å². The largest absolute Gasteiger partial charge is 0.494 e. The molecule has 2 atom stereocenters. The van der Waals surface area contributed by atoms with Crippen molar-refractivity contribution in [1.82, 2.24) is 10.2 Å². The Labute approximate surface area is 155 Å². The quantitative estimate of drug-likeness (QED) is 0.784. The minimum Gasteiger partial charge on any atom is -0.494 e. The van der Waals surface area contributed by atoms with Gasteiger partial charge >= 0.3 is 0 Å². The van der Waals surface area contributed by atoms with Gasteiger partial charge in [-0.15, -0.1) is 0 Å². The van der Waals surface area contributed by atoms with E-state index in [1.165, 1.54) is 18.7 Å². The van der Waals surface area contributed by atoms with E-state index in [1.807, 2.05) is 37.1 Å². The molecule has 0 spiro atoms. The third kappa shape index (κ3) is 5.30. The zero-order valence-electron chi connectivity index (χ0n) is 15.8. The normalized spacial score (nSPS) is 13.3. The Balaban J connectivity index is 1.87. The number of hydrogen-bond acceptors (Lipinski definition) is 3. The SMILES string of the molecule is COc1ccc(CN(C)C(C)C(=O)NCC(C)c2ccccc2)cc1F. The Morgan fingerprint density at radius 1 is 1.19 bits per heavy atom. The van der Waals surface area contributed by atoms with Crippen molar-refractivity contribution in [2.45, 2.75) is 32.4 Å². The van der Waals surface area contributed by atoms with Crippen molar-refractivity contribution >= 4 is 5.91 Å².